The highest BCUT2D eigenvalue weighted by atomic mass is 31.2. The summed E-state index contributed by atoms with van der Waals surface area (Å²) in [5.41, 5.74) is 6.73. The van der Waals surface area contributed by atoms with Crippen molar-refractivity contribution in [3.8, 4) is 11.6 Å². The highest BCUT2D eigenvalue weighted by Gasteiger charge is 2.36. The first-order valence-corrected chi connectivity index (χ1v) is 12.7. The number of benzene rings is 1. The van der Waals surface area contributed by atoms with Gasteiger partial charge >= 0.3 is 19.7 Å². The van der Waals surface area contributed by atoms with Gasteiger partial charge in [-0.3, -0.25) is 14.1 Å². The Hall–Kier alpha value is -4.00. The van der Waals surface area contributed by atoms with E-state index in [9.17, 15) is 19.3 Å². The van der Waals surface area contributed by atoms with Gasteiger partial charge in [0.25, 0.3) is 0 Å². The third kappa shape index (κ3) is 6.23. The zero-order chi connectivity index (χ0) is 26.6. The monoisotopic (exact) mass is 532 g/mol. The van der Waals surface area contributed by atoms with Crippen molar-refractivity contribution >= 4 is 36.8 Å². The maximum atomic E-state index is 13.5. The molecule has 15 heteroatoms. The first-order chi connectivity index (χ1) is 17.7. The second-order valence-corrected chi connectivity index (χ2v) is 9.87. The first-order valence-electron chi connectivity index (χ1n) is 11.1. The number of nitrogens with one attached hydrogen (secondary N) is 1. The summed E-state index contributed by atoms with van der Waals surface area (Å²) in [4.78, 5) is 35.3. The van der Waals surface area contributed by atoms with Crippen LogP contribution in [0.3, 0.4) is 0 Å². The lowest BCUT2D eigenvalue weighted by molar-refractivity contribution is -0.145. The van der Waals surface area contributed by atoms with Crippen LogP contribution in [0.5, 0.6) is 11.6 Å². The number of carboxylic acid groups (broad SMARTS) is 2. The Morgan fingerprint density at radius 2 is 2.00 bits per heavy atom. The van der Waals surface area contributed by atoms with E-state index in [-0.39, 0.29) is 36.1 Å². The number of methoxy groups -OCH3 is 1. The van der Waals surface area contributed by atoms with Gasteiger partial charge in [0.1, 0.15) is 11.8 Å². The normalized spacial score (nSPS) is 19.4. The largest absolute Gasteiger partial charge is 0.481 e. The molecule has 14 nitrogen and oxygen atoms in total. The number of hydrogen-bond acceptors (Lipinski definition) is 10. The number of carbonyl (C=O) groups is 2. The van der Waals surface area contributed by atoms with Crippen LogP contribution in [0.2, 0.25) is 0 Å². The van der Waals surface area contributed by atoms with E-state index in [1.165, 1.54) is 19.2 Å². The van der Waals surface area contributed by atoms with Gasteiger partial charge in [-0.1, -0.05) is 30.4 Å². The van der Waals surface area contributed by atoms with Crippen molar-refractivity contribution in [1.82, 2.24) is 24.6 Å². The quantitative estimate of drug-likeness (QED) is 0.196. The number of allylic oxidation sites excluding steroid dienone is 1. The molecule has 1 aromatic carbocycles. The molecule has 196 valence electrons. The number of anilines is 1. The van der Waals surface area contributed by atoms with Crippen molar-refractivity contribution < 1.29 is 38.2 Å². The van der Waals surface area contributed by atoms with E-state index in [0.717, 1.165) is 0 Å². The van der Waals surface area contributed by atoms with Crippen LogP contribution in [-0.4, -0.2) is 61.4 Å². The first kappa shape index (κ1) is 26.1. The number of carboxylic acids is 2. The zero-order valence-corrected chi connectivity index (χ0v) is 20.5. The fourth-order valence-corrected chi connectivity index (χ4v) is 5.38. The van der Waals surface area contributed by atoms with E-state index in [1.54, 1.807) is 29.1 Å². The lowest BCUT2D eigenvalue weighted by atomic mass is 10.1. The summed E-state index contributed by atoms with van der Waals surface area (Å²) in [6.07, 6.45) is 5.04. The Bertz CT molecular complexity index is 1360. The summed E-state index contributed by atoms with van der Waals surface area (Å²) in [5, 5.41) is 20.7. The molecule has 2 heterocycles. The van der Waals surface area contributed by atoms with E-state index in [0.29, 0.717) is 17.6 Å². The minimum atomic E-state index is -4.30. The Morgan fingerprint density at radius 3 is 2.68 bits per heavy atom. The average molecular weight is 532 g/mol. The predicted molar refractivity (Wildman–Crippen MR) is 130 cm³/mol. The summed E-state index contributed by atoms with van der Waals surface area (Å²) >= 11 is 0. The summed E-state index contributed by atoms with van der Waals surface area (Å²) in [6, 6.07) is 6.14. The number of nitrogens with two attached hydrogens (primary N) is 1. The van der Waals surface area contributed by atoms with Gasteiger partial charge in [-0.25, -0.2) is 9.55 Å². The SMILES string of the molecule is COc1nc(N)nc2c1ncn2[C@H]1C=C[C@@H](COP(=O)(N[C@@H](CC(=O)O)C(=O)O)Oc2ccccc2)C1. The molecular weight excluding hydrogens is 507 g/mol. The maximum Gasteiger partial charge on any atom is 0.459 e. The van der Waals surface area contributed by atoms with Crippen molar-refractivity contribution in [1.29, 1.82) is 0 Å². The number of hydrogen-bond donors (Lipinski definition) is 4. The molecular formula is C22H25N6O8P. The van der Waals surface area contributed by atoms with Gasteiger partial charge in [-0.2, -0.15) is 15.1 Å². The molecule has 0 aliphatic heterocycles. The molecule has 2 aromatic heterocycles. The molecule has 0 amide bonds. The van der Waals surface area contributed by atoms with Crippen LogP contribution >= 0.6 is 7.75 Å². The maximum absolute atomic E-state index is 13.5. The molecule has 1 aliphatic carbocycles. The van der Waals surface area contributed by atoms with Gasteiger partial charge < -0.3 is 29.8 Å². The van der Waals surface area contributed by atoms with Crippen LogP contribution in [0.1, 0.15) is 18.9 Å². The Labute approximate surface area is 210 Å². The third-order valence-corrected chi connectivity index (χ3v) is 7.09. The van der Waals surface area contributed by atoms with Gasteiger partial charge in [0.05, 0.1) is 32.5 Å². The van der Waals surface area contributed by atoms with E-state index >= 15 is 0 Å². The Balaban J connectivity index is 1.48. The Kier molecular flexibility index (Phi) is 7.71. The molecule has 4 rings (SSSR count). The fourth-order valence-electron chi connectivity index (χ4n) is 3.83. The van der Waals surface area contributed by atoms with E-state index in [1.807, 2.05) is 12.2 Å². The fraction of sp³-hybridized carbons (Fsp3) is 0.318. The van der Waals surface area contributed by atoms with Crippen molar-refractivity contribution in [3.05, 3.63) is 48.8 Å². The highest BCUT2D eigenvalue weighted by Crippen LogP contribution is 2.46. The number of aliphatic carboxylic acids is 2. The van der Waals surface area contributed by atoms with Crippen LogP contribution in [0.25, 0.3) is 11.2 Å². The van der Waals surface area contributed by atoms with Gasteiger partial charge in [0.15, 0.2) is 11.2 Å². The molecule has 0 fully saturated rings. The van der Waals surface area contributed by atoms with Crippen molar-refractivity contribution in [2.24, 2.45) is 5.92 Å². The molecule has 0 saturated carbocycles. The van der Waals surface area contributed by atoms with Crippen LogP contribution < -0.4 is 20.1 Å². The molecule has 3 aromatic rings. The average Bonchev–Trinajstić information content (AvgIpc) is 3.49. The topological polar surface area (TPSA) is 201 Å². The van der Waals surface area contributed by atoms with Gasteiger partial charge in [0, 0.05) is 5.92 Å². The minimum absolute atomic E-state index is 0.0346. The second kappa shape index (κ2) is 10.9. The second-order valence-electron chi connectivity index (χ2n) is 8.18. The number of fused-ring (bicyclic) bond motifs is 1. The van der Waals surface area contributed by atoms with E-state index in [2.05, 4.69) is 20.0 Å². The van der Waals surface area contributed by atoms with Gasteiger partial charge in [-0.15, -0.1) is 0 Å². The molecule has 1 aliphatic rings. The number of aromatic nitrogens is 4. The third-order valence-electron chi connectivity index (χ3n) is 5.53. The molecule has 37 heavy (non-hydrogen) atoms. The van der Waals surface area contributed by atoms with Crippen molar-refractivity contribution in [2.75, 3.05) is 19.5 Å². The van der Waals surface area contributed by atoms with E-state index < -0.39 is 32.1 Å². The lowest BCUT2D eigenvalue weighted by Crippen LogP contribution is -2.38. The molecule has 5 N–H and O–H groups in total. The highest BCUT2D eigenvalue weighted by molar-refractivity contribution is 7.52. The summed E-state index contributed by atoms with van der Waals surface area (Å²) in [5.74, 6) is -2.68. The van der Waals surface area contributed by atoms with Crippen LogP contribution in [0.4, 0.5) is 5.95 Å². The minimum Gasteiger partial charge on any atom is -0.481 e. The lowest BCUT2D eigenvalue weighted by Gasteiger charge is -2.24. The zero-order valence-electron chi connectivity index (χ0n) is 19.6. The van der Waals surface area contributed by atoms with Crippen LogP contribution in [0, 0.1) is 5.92 Å². The summed E-state index contributed by atoms with van der Waals surface area (Å²) < 4.78 is 31.7. The van der Waals surface area contributed by atoms with E-state index in [4.69, 9.17) is 24.6 Å². The summed E-state index contributed by atoms with van der Waals surface area (Å²) in [6.45, 7) is -0.101. The molecule has 4 atom stereocenters. The molecule has 0 radical (unpaired) electrons. The van der Waals surface area contributed by atoms with Gasteiger partial charge in [-0.05, 0) is 18.6 Å². The molecule has 0 spiro atoms. The predicted octanol–water partition coefficient (Wildman–Crippen LogP) is 2.26. The number of imidazole rings is 1. The number of rotatable bonds is 12. The molecule has 0 bridgehead atoms. The number of para-hydroxylation sites is 1. The van der Waals surface area contributed by atoms with Crippen LogP contribution in [-0.2, 0) is 18.7 Å². The van der Waals surface area contributed by atoms with Crippen molar-refractivity contribution in [2.45, 2.75) is 24.9 Å². The Morgan fingerprint density at radius 1 is 1.24 bits per heavy atom. The molecule has 0 saturated heterocycles. The summed E-state index contributed by atoms with van der Waals surface area (Å²) in [7, 11) is -2.84. The van der Waals surface area contributed by atoms with Gasteiger partial charge in [0.2, 0.25) is 11.8 Å². The molecule has 1 unspecified atom stereocenters. The van der Waals surface area contributed by atoms with Crippen LogP contribution in [0.15, 0.2) is 48.8 Å². The number of nitrogen functional groups attached to an aromatic ring is 1. The number of ether oxygens (including phenoxy) is 1. The standard InChI is InChI=1S/C22H25N6O8P/c1-34-20-18-19(25-22(23)26-20)28(12-24-18)14-8-7-13(9-14)11-35-37(33,36-15-5-3-2-4-6-15)27-16(21(31)32)10-17(29)30/h2-8,12-14,16H,9-11H2,1H3,(H,27,33)(H,29,30)(H,31,32)(H2,23,25,26)/t13-,14+,16+,37?/m1/s1. The smallest absolute Gasteiger partial charge is 0.459 e. The van der Waals surface area contributed by atoms with Crippen molar-refractivity contribution in [3.63, 3.8) is 0 Å². The number of nitrogens with zero attached hydrogens (tertiary/aromatic N) is 4.